The van der Waals surface area contributed by atoms with E-state index in [0.29, 0.717) is 28.9 Å². The van der Waals surface area contributed by atoms with E-state index in [4.69, 9.17) is 11.6 Å². The van der Waals surface area contributed by atoms with Gasteiger partial charge in [0, 0.05) is 37.0 Å². The number of rotatable bonds is 6. The van der Waals surface area contributed by atoms with Gasteiger partial charge in [-0.05, 0) is 48.6 Å². The van der Waals surface area contributed by atoms with Crippen LogP contribution in [0.1, 0.15) is 23.1 Å². The first-order valence-electron chi connectivity index (χ1n) is 10.4. The smallest absolute Gasteiger partial charge is 0.332 e. The normalized spacial score (nSPS) is 11.2. The largest absolute Gasteiger partial charge is 0.396 e. The quantitative estimate of drug-likeness (QED) is 0.487. The van der Waals surface area contributed by atoms with Crippen molar-refractivity contribution in [3.8, 4) is 11.1 Å². The second-order valence-electron chi connectivity index (χ2n) is 7.90. The lowest BCUT2D eigenvalue weighted by Crippen LogP contribution is -2.40. The molecule has 0 atom stereocenters. The molecule has 7 heteroatoms. The van der Waals surface area contributed by atoms with E-state index in [0.717, 1.165) is 27.8 Å². The Morgan fingerprint density at radius 1 is 1.09 bits per heavy atom. The van der Waals surface area contributed by atoms with Crippen molar-refractivity contribution in [2.75, 3.05) is 6.61 Å². The van der Waals surface area contributed by atoms with Crippen LogP contribution in [0, 0.1) is 6.92 Å². The maximum absolute atomic E-state index is 13.5. The third-order valence-corrected chi connectivity index (χ3v) is 5.88. The Bertz CT molecular complexity index is 1410. The highest BCUT2D eigenvalue weighted by atomic mass is 35.5. The molecule has 0 spiro atoms. The highest BCUT2D eigenvalue weighted by Crippen LogP contribution is 2.30. The van der Waals surface area contributed by atoms with E-state index in [1.165, 1.54) is 9.13 Å². The van der Waals surface area contributed by atoms with Crippen molar-refractivity contribution in [2.24, 2.45) is 7.05 Å². The number of aromatic nitrogens is 3. The molecule has 1 N–H and O–H groups in total. The number of fused-ring (bicyclic) bond motifs is 1. The number of aliphatic hydroxyl groups excluding tert-OH is 1. The number of aliphatic hydroxyl groups is 1. The first-order chi connectivity index (χ1) is 15.4. The van der Waals surface area contributed by atoms with Gasteiger partial charge in [-0.3, -0.25) is 13.9 Å². The molecule has 0 aliphatic rings. The van der Waals surface area contributed by atoms with Gasteiger partial charge in [0.2, 0.25) is 0 Å². The fourth-order valence-electron chi connectivity index (χ4n) is 3.99. The zero-order valence-corrected chi connectivity index (χ0v) is 18.8. The average Bonchev–Trinajstić information content (AvgIpc) is 2.79. The molecule has 164 valence electrons. The molecule has 0 aliphatic heterocycles. The summed E-state index contributed by atoms with van der Waals surface area (Å²) in [5.41, 5.74) is 4.22. The minimum Gasteiger partial charge on any atom is -0.396 e. The summed E-state index contributed by atoms with van der Waals surface area (Å²) in [6.07, 6.45) is 2.53. The molecule has 0 amide bonds. The topological polar surface area (TPSA) is 77.1 Å². The van der Waals surface area contributed by atoms with Crippen LogP contribution >= 0.6 is 11.6 Å². The Kier molecular flexibility index (Phi) is 6.26. The molecule has 2 aromatic heterocycles. The lowest BCUT2D eigenvalue weighted by molar-refractivity contribution is 0.277. The average molecular weight is 450 g/mol. The summed E-state index contributed by atoms with van der Waals surface area (Å²) in [7, 11) is 1.62. The first kappa shape index (κ1) is 22.0. The first-order valence-corrected chi connectivity index (χ1v) is 10.8. The van der Waals surface area contributed by atoms with Gasteiger partial charge in [-0.2, -0.15) is 0 Å². The molecule has 0 aliphatic carbocycles. The molecule has 4 rings (SSSR count). The summed E-state index contributed by atoms with van der Waals surface area (Å²) in [6.45, 7) is 2.06. The van der Waals surface area contributed by atoms with Crippen LogP contribution < -0.4 is 11.2 Å². The number of hydrogen-bond donors (Lipinski definition) is 1. The van der Waals surface area contributed by atoms with Gasteiger partial charge < -0.3 is 5.11 Å². The van der Waals surface area contributed by atoms with E-state index < -0.39 is 5.69 Å². The van der Waals surface area contributed by atoms with Crippen LogP contribution in [0.2, 0.25) is 5.02 Å². The second kappa shape index (κ2) is 9.10. The second-order valence-corrected chi connectivity index (χ2v) is 8.33. The Hall–Kier alpha value is -3.22. The van der Waals surface area contributed by atoms with Gasteiger partial charge in [0.1, 0.15) is 5.65 Å². The Morgan fingerprint density at radius 2 is 1.84 bits per heavy atom. The molecule has 6 nitrogen and oxygen atoms in total. The molecule has 4 aromatic rings. The van der Waals surface area contributed by atoms with Gasteiger partial charge in [0.15, 0.2) is 0 Å². The molecule has 2 heterocycles. The van der Waals surface area contributed by atoms with Crippen molar-refractivity contribution in [1.82, 2.24) is 14.1 Å². The van der Waals surface area contributed by atoms with Crippen molar-refractivity contribution in [3.63, 3.8) is 0 Å². The van der Waals surface area contributed by atoms with Crippen LogP contribution in [0.4, 0.5) is 0 Å². The minimum atomic E-state index is -0.441. The summed E-state index contributed by atoms with van der Waals surface area (Å²) in [5.74, 6) is 0. The number of hydrogen-bond acceptors (Lipinski definition) is 4. The third-order valence-electron chi connectivity index (χ3n) is 5.62. The van der Waals surface area contributed by atoms with E-state index in [1.807, 2.05) is 49.4 Å². The fourth-order valence-corrected chi connectivity index (χ4v) is 4.11. The fraction of sp³-hybridized carbons (Fsp3) is 0.240. The summed E-state index contributed by atoms with van der Waals surface area (Å²) >= 11 is 6.07. The number of nitrogens with zero attached hydrogens (tertiary/aromatic N) is 3. The van der Waals surface area contributed by atoms with E-state index >= 15 is 0 Å². The van der Waals surface area contributed by atoms with E-state index in [1.54, 1.807) is 13.2 Å². The van der Waals surface area contributed by atoms with Crippen LogP contribution in [0.3, 0.4) is 0 Å². The zero-order chi connectivity index (χ0) is 22.8. The molecular weight excluding hydrogens is 426 g/mol. The standard InChI is InChI=1S/C25H24ClN3O3/c1-16-5-3-6-18(13-16)21-15-27-23-22(20(21)14-17-7-9-19(26)10-8-17)24(31)29(11-4-12-30)25(32)28(23)2/h3,5-10,13,15,30H,4,11-12,14H2,1-2H3. The van der Waals surface area contributed by atoms with Crippen LogP contribution in [0.15, 0.2) is 64.3 Å². The monoisotopic (exact) mass is 449 g/mol. The Balaban J connectivity index is 2.06. The summed E-state index contributed by atoms with van der Waals surface area (Å²) in [6, 6.07) is 15.5. The number of pyridine rings is 1. The molecule has 0 bridgehead atoms. The molecule has 0 fully saturated rings. The number of halogens is 1. The van der Waals surface area contributed by atoms with Crippen molar-refractivity contribution in [2.45, 2.75) is 26.3 Å². The summed E-state index contributed by atoms with van der Waals surface area (Å²) in [5, 5.41) is 10.3. The number of benzene rings is 2. The third kappa shape index (κ3) is 4.11. The van der Waals surface area contributed by atoms with Crippen LogP contribution in [0.5, 0.6) is 0 Å². The highest BCUT2D eigenvalue weighted by molar-refractivity contribution is 6.30. The van der Waals surface area contributed by atoms with Gasteiger partial charge in [-0.15, -0.1) is 0 Å². The zero-order valence-electron chi connectivity index (χ0n) is 18.0. The van der Waals surface area contributed by atoms with Gasteiger partial charge in [0.25, 0.3) is 5.56 Å². The molecule has 0 unspecified atom stereocenters. The van der Waals surface area contributed by atoms with Gasteiger partial charge in [0.05, 0.1) is 5.39 Å². The van der Waals surface area contributed by atoms with Crippen LogP contribution in [-0.2, 0) is 20.0 Å². The number of aryl methyl sites for hydroxylation is 2. The summed E-state index contributed by atoms with van der Waals surface area (Å²) in [4.78, 5) is 30.9. The van der Waals surface area contributed by atoms with E-state index in [9.17, 15) is 14.7 Å². The molecule has 2 aromatic carbocycles. The van der Waals surface area contributed by atoms with Crippen molar-refractivity contribution >= 4 is 22.6 Å². The van der Waals surface area contributed by atoms with Crippen molar-refractivity contribution in [1.29, 1.82) is 0 Å². The van der Waals surface area contributed by atoms with Crippen molar-refractivity contribution < 1.29 is 5.11 Å². The maximum Gasteiger partial charge on any atom is 0.332 e. The van der Waals surface area contributed by atoms with E-state index in [2.05, 4.69) is 11.1 Å². The van der Waals surface area contributed by atoms with Gasteiger partial charge in [-0.25, -0.2) is 9.78 Å². The van der Waals surface area contributed by atoms with Crippen LogP contribution in [-0.4, -0.2) is 25.8 Å². The predicted molar refractivity (Wildman–Crippen MR) is 127 cm³/mol. The lowest BCUT2D eigenvalue weighted by Gasteiger charge is -2.16. The van der Waals surface area contributed by atoms with Crippen LogP contribution in [0.25, 0.3) is 22.2 Å². The predicted octanol–water partition coefficient (Wildman–Crippen LogP) is 3.70. The SMILES string of the molecule is Cc1cccc(-c2cnc3c(c2Cc2ccc(Cl)cc2)c(=O)n(CCCO)c(=O)n3C)c1. The maximum atomic E-state index is 13.5. The molecule has 0 saturated heterocycles. The molecule has 32 heavy (non-hydrogen) atoms. The van der Waals surface area contributed by atoms with E-state index in [-0.39, 0.29) is 18.7 Å². The lowest BCUT2D eigenvalue weighted by atomic mass is 9.93. The van der Waals surface area contributed by atoms with Crippen molar-refractivity contribution in [3.05, 3.63) is 97.3 Å². The summed E-state index contributed by atoms with van der Waals surface area (Å²) < 4.78 is 2.59. The Morgan fingerprint density at radius 3 is 2.53 bits per heavy atom. The highest BCUT2D eigenvalue weighted by Gasteiger charge is 2.19. The van der Waals surface area contributed by atoms with Gasteiger partial charge >= 0.3 is 5.69 Å². The minimum absolute atomic E-state index is 0.104. The molecular formula is C25H24ClN3O3. The Labute approximate surface area is 190 Å². The molecule has 0 radical (unpaired) electrons. The molecule has 0 saturated carbocycles. The van der Waals surface area contributed by atoms with Gasteiger partial charge in [-0.1, -0.05) is 53.6 Å².